The Bertz CT molecular complexity index is 1330. The molecule has 0 bridgehead atoms. The van der Waals surface area contributed by atoms with E-state index in [1.807, 2.05) is 69.2 Å². The molecule has 1 saturated heterocycles. The first-order valence-corrected chi connectivity index (χ1v) is 12.0. The van der Waals surface area contributed by atoms with Crippen molar-refractivity contribution in [1.82, 2.24) is 24.6 Å². The van der Waals surface area contributed by atoms with E-state index in [1.165, 1.54) is 5.56 Å². The van der Waals surface area contributed by atoms with Crippen LogP contribution in [-0.4, -0.2) is 62.6 Å². The van der Waals surface area contributed by atoms with Gasteiger partial charge in [0, 0.05) is 62.6 Å². The third-order valence-electron chi connectivity index (χ3n) is 6.71. The fourth-order valence-corrected chi connectivity index (χ4v) is 4.97. The maximum Gasteiger partial charge on any atom is 0.254 e. The van der Waals surface area contributed by atoms with Gasteiger partial charge in [0.1, 0.15) is 0 Å². The van der Waals surface area contributed by atoms with E-state index in [2.05, 4.69) is 22.2 Å². The standard InChI is InChI=1S/C28H29N5O2/c1-21(34)31-15-16-32(28(35)26-9-3-2-7-24(26)20-33-14-6-13-30-33)19-22(18-31)17-23-8-4-11-27-25(23)10-5-12-29-27/h2-14,22H,15-20H2,1H3/t22-/m0/s1. The number of amides is 2. The van der Waals surface area contributed by atoms with Gasteiger partial charge in [0.15, 0.2) is 0 Å². The summed E-state index contributed by atoms with van der Waals surface area (Å²) >= 11 is 0. The van der Waals surface area contributed by atoms with E-state index in [1.54, 1.807) is 19.3 Å². The molecule has 5 rings (SSSR count). The maximum atomic E-state index is 13.8. The highest BCUT2D eigenvalue weighted by atomic mass is 16.2. The summed E-state index contributed by atoms with van der Waals surface area (Å²) in [6.07, 6.45) is 6.21. The van der Waals surface area contributed by atoms with Gasteiger partial charge in [-0.2, -0.15) is 5.10 Å². The van der Waals surface area contributed by atoms with Gasteiger partial charge >= 0.3 is 0 Å². The lowest BCUT2D eigenvalue weighted by atomic mass is 9.95. The maximum absolute atomic E-state index is 13.8. The normalized spacial score (nSPS) is 16.3. The van der Waals surface area contributed by atoms with E-state index in [0.717, 1.165) is 22.9 Å². The summed E-state index contributed by atoms with van der Waals surface area (Å²) in [5.41, 5.74) is 3.78. The van der Waals surface area contributed by atoms with E-state index in [-0.39, 0.29) is 17.7 Å². The lowest BCUT2D eigenvalue weighted by Gasteiger charge is -2.25. The molecule has 4 aromatic rings. The van der Waals surface area contributed by atoms with Crippen LogP contribution in [0, 0.1) is 5.92 Å². The predicted octanol–water partition coefficient (Wildman–Crippen LogP) is 3.64. The minimum Gasteiger partial charge on any atom is -0.341 e. The summed E-state index contributed by atoms with van der Waals surface area (Å²) in [7, 11) is 0. The summed E-state index contributed by atoms with van der Waals surface area (Å²) in [5.74, 6) is 0.167. The first kappa shape index (κ1) is 22.8. The second-order valence-electron chi connectivity index (χ2n) is 9.13. The molecule has 0 N–H and O–H groups in total. The van der Waals surface area contributed by atoms with Crippen molar-refractivity contribution in [3.05, 3.63) is 95.9 Å². The van der Waals surface area contributed by atoms with Gasteiger partial charge in [-0.1, -0.05) is 36.4 Å². The van der Waals surface area contributed by atoms with Crippen LogP contribution in [0.25, 0.3) is 10.9 Å². The van der Waals surface area contributed by atoms with E-state index in [0.29, 0.717) is 38.3 Å². The van der Waals surface area contributed by atoms with Crippen LogP contribution in [0.3, 0.4) is 0 Å². The van der Waals surface area contributed by atoms with Crippen LogP contribution in [-0.2, 0) is 17.8 Å². The van der Waals surface area contributed by atoms with Crippen LogP contribution in [0.4, 0.5) is 0 Å². The number of aromatic nitrogens is 3. The average Bonchev–Trinajstić information content (AvgIpc) is 3.29. The Morgan fingerprint density at radius 3 is 2.51 bits per heavy atom. The highest BCUT2D eigenvalue weighted by Gasteiger charge is 2.29. The smallest absolute Gasteiger partial charge is 0.254 e. The molecule has 0 saturated carbocycles. The zero-order valence-corrected chi connectivity index (χ0v) is 19.9. The van der Waals surface area contributed by atoms with Crippen molar-refractivity contribution in [2.24, 2.45) is 5.92 Å². The number of nitrogens with zero attached hydrogens (tertiary/aromatic N) is 5. The van der Waals surface area contributed by atoms with Crippen LogP contribution in [0.5, 0.6) is 0 Å². The largest absolute Gasteiger partial charge is 0.341 e. The molecule has 1 aliphatic rings. The molecule has 178 valence electrons. The number of rotatable bonds is 5. The highest BCUT2D eigenvalue weighted by molar-refractivity contribution is 5.95. The first-order chi connectivity index (χ1) is 17.1. The molecule has 35 heavy (non-hydrogen) atoms. The Hall–Kier alpha value is -4.00. The number of hydrogen-bond acceptors (Lipinski definition) is 4. The fraction of sp³-hybridized carbons (Fsp3) is 0.286. The zero-order valence-electron chi connectivity index (χ0n) is 19.9. The Morgan fingerprint density at radius 1 is 0.886 bits per heavy atom. The summed E-state index contributed by atoms with van der Waals surface area (Å²) in [4.78, 5) is 34.4. The summed E-state index contributed by atoms with van der Waals surface area (Å²) in [6, 6.07) is 19.8. The van der Waals surface area contributed by atoms with Crippen LogP contribution in [0.1, 0.15) is 28.4 Å². The van der Waals surface area contributed by atoms with Crippen LogP contribution in [0.2, 0.25) is 0 Å². The van der Waals surface area contributed by atoms with Gasteiger partial charge in [-0.15, -0.1) is 0 Å². The summed E-state index contributed by atoms with van der Waals surface area (Å²) < 4.78 is 1.82. The highest BCUT2D eigenvalue weighted by Crippen LogP contribution is 2.23. The number of hydrogen-bond donors (Lipinski definition) is 0. The Balaban J connectivity index is 1.42. The predicted molar refractivity (Wildman–Crippen MR) is 135 cm³/mol. The summed E-state index contributed by atoms with van der Waals surface area (Å²) in [5, 5.41) is 5.42. The molecule has 1 fully saturated rings. The van der Waals surface area contributed by atoms with Crippen LogP contribution < -0.4 is 0 Å². The molecule has 0 unspecified atom stereocenters. The van der Waals surface area contributed by atoms with E-state index in [9.17, 15) is 9.59 Å². The molecule has 0 aliphatic carbocycles. The van der Waals surface area contributed by atoms with Crippen LogP contribution in [0.15, 0.2) is 79.3 Å². The minimum absolute atomic E-state index is 0.00254. The van der Waals surface area contributed by atoms with Gasteiger partial charge in [0.2, 0.25) is 5.91 Å². The van der Waals surface area contributed by atoms with Crippen molar-refractivity contribution in [2.45, 2.75) is 19.9 Å². The fourth-order valence-electron chi connectivity index (χ4n) is 4.97. The quantitative estimate of drug-likeness (QED) is 0.449. The molecule has 7 heteroatoms. The molecular formula is C28H29N5O2. The molecule has 1 atom stereocenters. The van der Waals surface area contributed by atoms with Gasteiger partial charge < -0.3 is 9.80 Å². The number of fused-ring (bicyclic) bond motifs is 1. The Morgan fingerprint density at radius 2 is 1.69 bits per heavy atom. The third-order valence-corrected chi connectivity index (χ3v) is 6.71. The molecule has 2 amide bonds. The van der Waals surface area contributed by atoms with Gasteiger partial charge in [0.25, 0.3) is 5.91 Å². The molecular weight excluding hydrogens is 438 g/mol. The van der Waals surface area contributed by atoms with Crippen molar-refractivity contribution in [3.8, 4) is 0 Å². The first-order valence-electron chi connectivity index (χ1n) is 12.0. The molecule has 0 radical (unpaired) electrons. The Labute approximate surface area is 205 Å². The zero-order chi connectivity index (χ0) is 24.2. The van der Waals surface area contributed by atoms with Crippen molar-refractivity contribution in [2.75, 3.05) is 26.2 Å². The number of pyridine rings is 1. The van der Waals surface area contributed by atoms with Gasteiger partial charge in [0.05, 0.1) is 12.1 Å². The molecule has 0 spiro atoms. The Kier molecular flexibility index (Phi) is 6.57. The molecule has 2 aromatic carbocycles. The average molecular weight is 468 g/mol. The summed E-state index contributed by atoms with van der Waals surface area (Å²) in [6.45, 7) is 4.42. The lowest BCUT2D eigenvalue weighted by molar-refractivity contribution is -0.129. The SMILES string of the molecule is CC(=O)N1CCN(C(=O)c2ccccc2Cn2cccn2)C[C@@H](Cc2cccc3ncccc23)C1. The molecule has 7 nitrogen and oxygen atoms in total. The number of carbonyl (C=O) groups excluding carboxylic acids is 2. The molecule has 2 aromatic heterocycles. The van der Waals surface area contributed by atoms with Gasteiger partial charge in [-0.25, -0.2) is 0 Å². The second-order valence-corrected chi connectivity index (χ2v) is 9.13. The van der Waals surface area contributed by atoms with E-state index in [4.69, 9.17) is 0 Å². The van der Waals surface area contributed by atoms with E-state index < -0.39 is 0 Å². The third kappa shape index (κ3) is 5.09. The second kappa shape index (κ2) is 10.1. The van der Waals surface area contributed by atoms with Crippen LogP contribution >= 0.6 is 0 Å². The monoisotopic (exact) mass is 467 g/mol. The minimum atomic E-state index is 0.00254. The van der Waals surface area contributed by atoms with Crippen molar-refractivity contribution >= 4 is 22.7 Å². The van der Waals surface area contributed by atoms with Gasteiger partial charge in [-0.3, -0.25) is 19.3 Å². The number of benzene rings is 2. The van der Waals surface area contributed by atoms with Gasteiger partial charge in [-0.05, 0) is 47.7 Å². The topological polar surface area (TPSA) is 71.3 Å². The number of carbonyl (C=O) groups is 2. The van der Waals surface area contributed by atoms with Crippen molar-refractivity contribution in [1.29, 1.82) is 0 Å². The lowest BCUT2D eigenvalue weighted by Crippen LogP contribution is -2.37. The van der Waals surface area contributed by atoms with Crippen molar-refractivity contribution < 1.29 is 9.59 Å². The van der Waals surface area contributed by atoms with Crippen molar-refractivity contribution in [3.63, 3.8) is 0 Å². The van der Waals surface area contributed by atoms with E-state index >= 15 is 0 Å². The molecule has 3 heterocycles. The molecule has 1 aliphatic heterocycles.